The van der Waals surface area contributed by atoms with Gasteiger partial charge in [0.1, 0.15) is 11.9 Å². The molecule has 0 unspecified atom stereocenters. The molecule has 0 spiro atoms. The topological polar surface area (TPSA) is 101 Å². The highest BCUT2D eigenvalue weighted by Crippen LogP contribution is 2.37. The maximum Gasteiger partial charge on any atom is 0.235 e. The number of nitrogens with zero attached hydrogens (tertiary/aromatic N) is 6. The molecule has 2 aromatic heterocycles. The van der Waals surface area contributed by atoms with Gasteiger partial charge in [-0.3, -0.25) is 4.79 Å². The fraction of sp³-hybridized carbons (Fsp3) is 0.667. The maximum absolute atomic E-state index is 12.8. The highest BCUT2D eigenvalue weighted by molar-refractivity contribution is 7.99. The van der Waals surface area contributed by atoms with E-state index >= 15 is 0 Å². The number of amides is 1. The van der Waals surface area contributed by atoms with Gasteiger partial charge >= 0.3 is 0 Å². The lowest BCUT2D eigenvalue weighted by molar-refractivity contribution is -0.113. The molecule has 0 aliphatic heterocycles. The van der Waals surface area contributed by atoms with E-state index in [1.807, 2.05) is 18.5 Å². The normalized spacial score (nSPS) is 17.9. The number of tetrazole rings is 1. The second-order valence-corrected chi connectivity index (χ2v) is 9.33. The van der Waals surface area contributed by atoms with Crippen molar-refractivity contribution in [3.05, 3.63) is 16.8 Å². The third-order valence-electron chi connectivity index (χ3n) is 6.53. The van der Waals surface area contributed by atoms with Gasteiger partial charge in [0.15, 0.2) is 0 Å². The first kappa shape index (κ1) is 20.9. The monoisotopic (exact) mass is 427 g/mol. The molecule has 30 heavy (non-hydrogen) atoms. The Morgan fingerprint density at radius 3 is 2.50 bits per heavy atom. The molecule has 2 heterocycles. The number of hydrogen-bond donors (Lipinski definition) is 1. The fourth-order valence-electron chi connectivity index (χ4n) is 4.84. The minimum Gasteiger partial charge on any atom is -0.327 e. The molecule has 2 aliphatic carbocycles. The number of nitrogens with one attached hydrogen (secondary N) is 1. The molecule has 2 fully saturated rings. The van der Waals surface area contributed by atoms with Crippen molar-refractivity contribution >= 4 is 23.5 Å². The van der Waals surface area contributed by atoms with E-state index in [9.17, 15) is 10.1 Å². The van der Waals surface area contributed by atoms with Crippen molar-refractivity contribution < 1.29 is 4.79 Å². The average molecular weight is 428 g/mol. The Balaban J connectivity index is 1.49. The number of hydrogen-bond acceptors (Lipinski definition) is 6. The molecule has 0 radical (unpaired) electrons. The molecule has 0 bridgehead atoms. The van der Waals surface area contributed by atoms with E-state index < -0.39 is 0 Å². The summed E-state index contributed by atoms with van der Waals surface area (Å²) in [5.41, 5.74) is 2.61. The van der Waals surface area contributed by atoms with Gasteiger partial charge in [-0.15, -0.1) is 5.10 Å². The summed E-state index contributed by atoms with van der Waals surface area (Å²) in [5, 5.41) is 25.5. The highest BCUT2D eigenvalue weighted by atomic mass is 32.2. The molecular formula is C21H29N7OS. The van der Waals surface area contributed by atoms with E-state index in [0.717, 1.165) is 36.9 Å². The first-order valence-electron chi connectivity index (χ1n) is 10.9. The lowest BCUT2D eigenvalue weighted by Gasteiger charge is -2.27. The molecule has 2 aliphatic rings. The Morgan fingerprint density at radius 1 is 1.13 bits per heavy atom. The van der Waals surface area contributed by atoms with Crippen LogP contribution in [-0.2, 0) is 4.79 Å². The third-order valence-corrected chi connectivity index (χ3v) is 7.47. The molecule has 8 nitrogen and oxygen atoms in total. The van der Waals surface area contributed by atoms with Crippen LogP contribution < -0.4 is 5.32 Å². The van der Waals surface area contributed by atoms with Crippen LogP contribution in [0.15, 0.2) is 5.16 Å². The fourth-order valence-corrected chi connectivity index (χ4v) is 5.58. The van der Waals surface area contributed by atoms with Crippen molar-refractivity contribution in [3.8, 4) is 6.07 Å². The molecule has 0 saturated heterocycles. The van der Waals surface area contributed by atoms with Gasteiger partial charge in [0.05, 0.1) is 17.4 Å². The summed E-state index contributed by atoms with van der Waals surface area (Å²) in [6.45, 7) is 4.01. The van der Waals surface area contributed by atoms with Gasteiger partial charge < -0.3 is 9.88 Å². The van der Waals surface area contributed by atoms with E-state index in [-0.39, 0.29) is 11.7 Å². The molecule has 160 valence electrons. The molecule has 4 rings (SSSR count). The van der Waals surface area contributed by atoms with Crippen LogP contribution >= 0.6 is 11.8 Å². The lowest BCUT2D eigenvalue weighted by atomic mass is 9.95. The zero-order chi connectivity index (χ0) is 21.1. The molecule has 9 heteroatoms. The van der Waals surface area contributed by atoms with Crippen LogP contribution in [0.1, 0.15) is 86.7 Å². The van der Waals surface area contributed by atoms with Crippen molar-refractivity contribution in [2.45, 2.75) is 88.9 Å². The Bertz CT molecular complexity index is 945. The van der Waals surface area contributed by atoms with Crippen LogP contribution in [0.5, 0.6) is 0 Å². The van der Waals surface area contributed by atoms with Crippen molar-refractivity contribution in [2.75, 3.05) is 11.1 Å². The van der Waals surface area contributed by atoms with Gasteiger partial charge in [-0.1, -0.05) is 43.9 Å². The third kappa shape index (κ3) is 4.10. The summed E-state index contributed by atoms with van der Waals surface area (Å²) in [5.74, 6) is 0.735. The van der Waals surface area contributed by atoms with Gasteiger partial charge in [0.2, 0.25) is 11.1 Å². The first-order valence-corrected chi connectivity index (χ1v) is 11.9. The molecule has 0 atom stereocenters. The number of carbonyl (C=O) groups is 1. The number of anilines is 1. The molecule has 2 aromatic rings. The Kier molecular flexibility index (Phi) is 6.42. The van der Waals surface area contributed by atoms with Gasteiger partial charge in [0.25, 0.3) is 0 Å². The second kappa shape index (κ2) is 9.21. The summed E-state index contributed by atoms with van der Waals surface area (Å²) in [4.78, 5) is 12.8. The first-order chi connectivity index (χ1) is 14.6. The lowest BCUT2D eigenvalue weighted by Crippen LogP contribution is -2.22. The van der Waals surface area contributed by atoms with Crippen molar-refractivity contribution in [3.63, 3.8) is 0 Å². The summed E-state index contributed by atoms with van der Waals surface area (Å²) in [7, 11) is 0. The van der Waals surface area contributed by atoms with Crippen molar-refractivity contribution in [1.29, 1.82) is 5.26 Å². The molecule has 1 N–H and O–H groups in total. The van der Waals surface area contributed by atoms with Gasteiger partial charge in [-0.2, -0.15) is 5.26 Å². The second-order valence-electron chi connectivity index (χ2n) is 8.39. The predicted molar refractivity (Wildman–Crippen MR) is 115 cm³/mol. The zero-order valence-electron chi connectivity index (χ0n) is 17.7. The van der Waals surface area contributed by atoms with Crippen LogP contribution in [0, 0.1) is 25.2 Å². The Hall–Kier alpha value is -2.34. The van der Waals surface area contributed by atoms with Gasteiger partial charge in [-0.25, -0.2) is 4.68 Å². The quantitative estimate of drug-likeness (QED) is 0.689. The van der Waals surface area contributed by atoms with Crippen LogP contribution in [0.2, 0.25) is 0 Å². The minimum absolute atomic E-state index is 0.132. The average Bonchev–Trinajstić information content (AvgIpc) is 3.48. The zero-order valence-corrected chi connectivity index (χ0v) is 18.5. The Labute approximate surface area is 181 Å². The van der Waals surface area contributed by atoms with Crippen LogP contribution in [0.3, 0.4) is 0 Å². The summed E-state index contributed by atoms with van der Waals surface area (Å²) in [6.07, 6.45) is 10.4. The Morgan fingerprint density at radius 2 is 1.80 bits per heavy atom. The largest absolute Gasteiger partial charge is 0.327 e. The van der Waals surface area contributed by atoms with E-state index in [0.29, 0.717) is 28.6 Å². The molecule has 1 amide bonds. The number of carbonyl (C=O) groups excluding carboxylic acids is 1. The maximum atomic E-state index is 12.8. The van der Waals surface area contributed by atoms with Crippen molar-refractivity contribution in [1.82, 2.24) is 24.8 Å². The smallest absolute Gasteiger partial charge is 0.235 e. The summed E-state index contributed by atoms with van der Waals surface area (Å²) < 4.78 is 4.06. The SMILES string of the molecule is Cc1c(C#N)c(NC(=O)CSc2nnnn2C2CCCC2)n(C2CCCCC2)c1C. The molecule has 2 saturated carbocycles. The minimum atomic E-state index is -0.132. The number of rotatable bonds is 6. The van der Waals surface area contributed by atoms with Crippen molar-refractivity contribution in [2.24, 2.45) is 0 Å². The number of nitriles is 1. The number of aromatic nitrogens is 5. The van der Waals surface area contributed by atoms with E-state index in [4.69, 9.17) is 0 Å². The summed E-state index contributed by atoms with van der Waals surface area (Å²) >= 11 is 1.36. The molecular weight excluding hydrogens is 398 g/mol. The van der Waals surface area contributed by atoms with Gasteiger partial charge in [-0.05, 0) is 55.5 Å². The summed E-state index contributed by atoms with van der Waals surface area (Å²) in [6, 6.07) is 2.99. The highest BCUT2D eigenvalue weighted by Gasteiger charge is 2.26. The number of thioether (sulfide) groups is 1. The van der Waals surface area contributed by atoms with E-state index in [1.165, 1.54) is 43.9 Å². The van der Waals surface area contributed by atoms with E-state index in [1.54, 1.807) is 0 Å². The standard InChI is InChI=1S/C21H29N7OS/c1-14-15(2)27(16-8-4-3-5-9-16)20(18(14)12-22)23-19(29)13-30-21-24-25-26-28(21)17-10-6-7-11-17/h16-17H,3-11,13H2,1-2H3,(H,23,29). The molecule has 0 aromatic carbocycles. The van der Waals surface area contributed by atoms with Crippen LogP contribution in [0.4, 0.5) is 5.82 Å². The predicted octanol–water partition coefficient (Wildman–Crippen LogP) is 4.31. The van der Waals surface area contributed by atoms with Gasteiger partial charge in [0, 0.05) is 11.7 Å². The van der Waals surface area contributed by atoms with E-state index in [2.05, 4.69) is 31.5 Å². The van der Waals surface area contributed by atoms with Crippen LogP contribution in [-0.4, -0.2) is 36.4 Å². The van der Waals surface area contributed by atoms with Crippen LogP contribution in [0.25, 0.3) is 0 Å².